The molecule has 1 heterocycles. The largest absolute Gasteiger partial charge is 0.371 e. The third-order valence-corrected chi connectivity index (χ3v) is 3.65. The maximum absolute atomic E-state index is 6.17. The highest BCUT2D eigenvalue weighted by atomic mass is 35.5. The molecule has 1 fully saturated rings. The second-order valence-electron chi connectivity index (χ2n) is 5.32. The van der Waals surface area contributed by atoms with Crippen LogP contribution in [0.4, 0.5) is 5.69 Å². The van der Waals surface area contributed by atoms with E-state index in [1.165, 1.54) is 12.1 Å². The first-order valence-corrected chi connectivity index (χ1v) is 6.13. The molecule has 0 unspecified atom stereocenters. The molecule has 2 nitrogen and oxygen atoms in total. The molecular weight excluding hydrogens is 220 g/mol. The molecule has 1 aliphatic rings. The lowest BCUT2D eigenvalue weighted by Gasteiger charge is -2.22. The summed E-state index contributed by atoms with van der Waals surface area (Å²) in [6.07, 6.45) is 1.24. The van der Waals surface area contributed by atoms with Crippen LogP contribution in [0.25, 0.3) is 0 Å². The Labute approximate surface area is 102 Å². The van der Waals surface area contributed by atoms with Gasteiger partial charge in [0, 0.05) is 30.3 Å². The number of anilines is 1. The van der Waals surface area contributed by atoms with Crippen molar-refractivity contribution >= 4 is 17.3 Å². The summed E-state index contributed by atoms with van der Waals surface area (Å²) in [7, 11) is 0. The van der Waals surface area contributed by atoms with Gasteiger partial charge in [-0.15, -0.1) is 0 Å². The number of hydrogen-bond acceptors (Lipinski definition) is 2. The van der Waals surface area contributed by atoms with Crippen molar-refractivity contribution in [2.45, 2.75) is 26.8 Å². The van der Waals surface area contributed by atoms with Gasteiger partial charge < -0.3 is 10.6 Å². The average molecular weight is 239 g/mol. The van der Waals surface area contributed by atoms with Crippen LogP contribution in [0, 0.1) is 5.41 Å². The van der Waals surface area contributed by atoms with Gasteiger partial charge in [-0.2, -0.15) is 0 Å². The molecule has 0 radical (unpaired) electrons. The molecule has 0 amide bonds. The van der Waals surface area contributed by atoms with Crippen LogP contribution >= 0.6 is 11.6 Å². The molecule has 0 bridgehead atoms. The average Bonchev–Trinajstić information content (AvgIpc) is 2.59. The van der Waals surface area contributed by atoms with Crippen LogP contribution in [0.3, 0.4) is 0 Å². The fourth-order valence-electron chi connectivity index (χ4n) is 2.23. The van der Waals surface area contributed by atoms with Gasteiger partial charge in [0.25, 0.3) is 0 Å². The normalized spacial score (nSPS) is 19.1. The Balaban J connectivity index is 2.20. The Hall–Kier alpha value is -0.730. The monoisotopic (exact) mass is 238 g/mol. The zero-order valence-electron chi connectivity index (χ0n) is 9.96. The lowest BCUT2D eigenvalue weighted by Crippen LogP contribution is -2.22. The molecule has 1 saturated heterocycles. The third kappa shape index (κ3) is 2.33. The van der Waals surface area contributed by atoms with Crippen molar-refractivity contribution in [2.75, 3.05) is 18.0 Å². The molecule has 0 spiro atoms. The summed E-state index contributed by atoms with van der Waals surface area (Å²) in [5.41, 5.74) is 8.25. The van der Waals surface area contributed by atoms with Gasteiger partial charge in [-0.05, 0) is 29.5 Å². The predicted molar refractivity (Wildman–Crippen MR) is 70.0 cm³/mol. The van der Waals surface area contributed by atoms with E-state index in [0.717, 1.165) is 23.7 Å². The van der Waals surface area contributed by atoms with E-state index in [-0.39, 0.29) is 0 Å². The van der Waals surface area contributed by atoms with Gasteiger partial charge in [-0.1, -0.05) is 31.5 Å². The van der Waals surface area contributed by atoms with Crippen molar-refractivity contribution in [3.05, 3.63) is 28.8 Å². The standard InChI is InChI=1S/C13H19ClN2/c1-13(2)5-6-16(9-13)11-4-3-10(8-15)12(14)7-11/h3-4,7H,5-6,8-9,15H2,1-2H3. The van der Waals surface area contributed by atoms with E-state index in [4.69, 9.17) is 17.3 Å². The summed E-state index contributed by atoms with van der Waals surface area (Å²) in [5.74, 6) is 0. The fraction of sp³-hybridized carbons (Fsp3) is 0.538. The zero-order chi connectivity index (χ0) is 11.8. The Morgan fingerprint density at radius 2 is 2.19 bits per heavy atom. The molecule has 1 aromatic carbocycles. The Morgan fingerprint density at radius 3 is 2.69 bits per heavy atom. The minimum atomic E-state index is 0.416. The number of nitrogens with zero attached hydrogens (tertiary/aromatic N) is 1. The molecule has 2 N–H and O–H groups in total. The minimum Gasteiger partial charge on any atom is -0.371 e. The summed E-state index contributed by atoms with van der Waals surface area (Å²) in [6, 6.07) is 6.18. The number of benzene rings is 1. The van der Waals surface area contributed by atoms with E-state index in [0.29, 0.717) is 12.0 Å². The smallest absolute Gasteiger partial charge is 0.0471 e. The van der Waals surface area contributed by atoms with Crippen LogP contribution in [0.2, 0.25) is 5.02 Å². The van der Waals surface area contributed by atoms with Gasteiger partial charge in [0.05, 0.1) is 0 Å². The molecule has 0 saturated carbocycles. The molecule has 0 aromatic heterocycles. The predicted octanol–water partition coefficient (Wildman–Crippen LogP) is 3.04. The van der Waals surface area contributed by atoms with Crippen molar-refractivity contribution in [1.29, 1.82) is 0 Å². The van der Waals surface area contributed by atoms with Gasteiger partial charge in [0.15, 0.2) is 0 Å². The van der Waals surface area contributed by atoms with E-state index in [1.54, 1.807) is 0 Å². The van der Waals surface area contributed by atoms with Crippen molar-refractivity contribution in [1.82, 2.24) is 0 Å². The number of hydrogen-bond donors (Lipinski definition) is 1. The van der Waals surface area contributed by atoms with Crippen molar-refractivity contribution in [3.8, 4) is 0 Å². The van der Waals surface area contributed by atoms with E-state index in [2.05, 4.69) is 24.8 Å². The lowest BCUT2D eigenvalue weighted by molar-refractivity contribution is 0.418. The summed E-state index contributed by atoms with van der Waals surface area (Å²) in [4.78, 5) is 2.40. The Bertz CT molecular complexity index is 388. The van der Waals surface area contributed by atoms with E-state index in [9.17, 15) is 0 Å². The first kappa shape index (κ1) is 11.7. The van der Waals surface area contributed by atoms with Crippen molar-refractivity contribution < 1.29 is 0 Å². The molecule has 3 heteroatoms. The second-order valence-corrected chi connectivity index (χ2v) is 5.72. The number of nitrogens with two attached hydrogens (primary N) is 1. The van der Waals surface area contributed by atoms with Crippen LogP contribution in [0.1, 0.15) is 25.8 Å². The summed E-state index contributed by atoms with van der Waals surface area (Å²) < 4.78 is 0. The van der Waals surface area contributed by atoms with Crippen LogP contribution in [-0.2, 0) is 6.54 Å². The third-order valence-electron chi connectivity index (χ3n) is 3.30. The zero-order valence-corrected chi connectivity index (χ0v) is 10.7. The first-order chi connectivity index (χ1) is 7.52. The number of halogens is 1. The summed E-state index contributed by atoms with van der Waals surface area (Å²) >= 11 is 6.17. The van der Waals surface area contributed by atoms with Crippen LogP contribution in [-0.4, -0.2) is 13.1 Å². The van der Waals surface area contributed by atoms with Crippen LogP contribution in [0.5, 0.6) is 0 Å². The molecule has 0 atom stereocenters. The highest BCUT2D eigenvalue weighted by molar-refractivity contribution is 6.31. The summed E-state index contributed by atoms with van der Waals surface area (Å²) in [5, 5.41) is 0.782. The second kappa shape index (κ2) is 4.27. The van der Waals surface area contributed by atoms with Crippen molar-refractivity contribution in [3.63, 3.8) is 0 Å². The van der Waals surface area contributed by atoms with E-state index < -0.39 is 0 Å². The molecule has 88 valence electrons. The van der Waals surface area contributed by atoms with Gasteiger partial charge in [0.1, 0.15) is 0 Å². The van der Waals surface area contributed by atoms with Crippen LogP contribution < -0.4 is 10.6 Å². The van der Waals surface area contributed by atoms with E-state index in [1.807, 2.05) is 12.1 Å². The maximum atomic E-state index is 6.17. The molecule has 1 aliphatic heterocycles. The lowest BCUT2D eigenvalue weighted by atomic mass is 9.93. The molecule has 2 rings (SSSR count). The highest BCUT2D eigenvalue weighted by Crippen LogP contribution is 2.33. The Morgan fingerprint density at radius 1 is 1.44 bits per heavy atom. The highest BCUT2D eigenvalue weighted by Gasteiger charge is 2.29. The van der Waals surface area contributed by atoms with Crippen molar-refractivity contribution in [2.24, 2.45) is 11.1 Å². The Kier molecular flexibility index (Phi) is 3.13. The topological polar surface area (TPSA) is 29.3 Å². The molecule has 0 aliphatic carbocycles. The van der Waals surface area contributed by atoms with E-state index >= 15 is 0 Å². The minimum absolute atomic E-state index is 0.416. The summed E-state index contributed by atoms with van der Waals surface area (Å²) in [6.45, 7) is 7.34. The molecule has 16 heavy (non-hydrogen) atoms. The first-order valence-electron chi connectivity index (χ1n) is 5.75. The van der Waals surface area contributed by atoms with Gasteiger partial charge >= 0.3 is 0 Å². The fourth-order valence-corrected chi connectivity index (χ4v) is 2.48. The maximum Gasteiger partial charge on any atom is 0.0471 e. The molecule has 1 aromatic rings. The molecular formula is C13H19ClN2. The number of rotatable bonds is 2. The van der Waals surface area contributed by atoms with Gasteiger partial charge in [0.2, 0.25) is 0 Å². The van der Waals surface area contributed by atoms with Gasteiger partial charge in [-0.3, -0.25) is 0 Å². The SMILES string of the molecule is CC1(C)CCN(c2ccc(CN)c(Cl)c2)C1. The quantitative estimate of drug-likeness (QED) is 0.858. The van der Waals surface area contributed by atoms with Crippen LogP contribution in [0.15, 0.2) is 18.2 Å². The van der Waals surface area contributed by atoms with Gasteiger partial charge in [-0.25, -0.2) is 0 Å².